The SMILES string of the molecule is CC(C)(CC(=O)O)CC(=O)N1CCC2(CCCCc3ccccc3OCCN(Cc3ccncc3)C2)CC1. The number of benzene rings is 1. The van der Waals surface area contributed by atoms with Crippen LogP contribution in [0.4, 0.5) is 0 Å². The third kappa shape index (κ3) is 8.03. The molecule has 2 aliphatic rings. The predicted molar refractivity (Wildman–Crippen MR) is 148 cm³/mol. The Kier molecular flexibility index (Phi) is 9.42. The molecule has 1 fully saturated rings. The first-order valence-corrected chi connectivity index (χ1v) is 14.1. The summed E-state index contributed by atoms with van der Waals surface area (Å²) in [5.41, 5.74) is 2.14. The summed E-state index contributed by atoms with van der Waals surface area (Å²) in [6.07, 6.45) is 10.4. The molecule has 1 aromatic carbocycles. The van der Waals surface area contributed by atoms with Crippen molar-refractivity contribution >= 4 is 11.9 Å². The Labute approximate surface area is 227 Å². The number of carbonyl (C=O) groups excluding carboxylic acids is 1. The van der Waals surface area contributed by atoms with Crippen molar-refractivity contribution in [2.24, 2.45) is 10.8 Å². The molecule has 0 aliphatic carbocycles. The van der Waals surface area contributed by atoms with Crippen LogP contribution in [0.25, 0.3) is 0 Å². The fourth-order valence-corrected chi connectivity index (χ4v) is 6.10. The van der Waals surface area contributed by atoms with Gasteiger partial charge in [0.25, 0.3) is 0 Å². The third-order valence-electron chi connectivity index (χ3n) is 8.19. The van der Waals surface area contributed by atoms with Gasteiger partial charge in [0, 0.05) is 51.5 Å². The number of amides is 1. The van der Waals surface area contributed by atoms with E-state index in [0.717, 1.165) is 77.0 Å². The van der Waals surface area contributed by atoms with Gasteiger partial charge in [-0.1, -0.05) is 38.5 Å². The van der Waals surface area contributed by atoms with Crippen molar-refractivity contribution in [2.45, 2.75) is 71.8 Å². The lowest BCUT2D eigenvalue weighted by atomic mass is 9.73. The summed E-state index contributed by atoms with van der Waals surface area (Å²) >= 11 is 0. The van der Waals surface area contributed by atoms with Crippen LogP contribution in [0.5, 0.6) is 5.75 Å². The topological polar surface area (TPSA) is 83.0 Å². The summed E-state index contributed by atoms with van der Waals surface area (Å²) in [6, 6.07) is 12.6. The second-order valence-corrected chi connectivity index (χ2v) is 12.0. The number of ether oxygens (including phenoxy) is 1. The largest absolute Gasteiger partial charge is 0.492 e. The van der Waals surface area contributed by atoms with Gasteiger partial charge in [0.2, 0.25) is 5.91 Å². The molecule has 0 bridgehead atoms. The first-order valence-electron chi connectivity index (χ1n) is 14.1. The summed E-state index contributed by atoms with van der Waals surface area (Å²) < 4.78 is 6.28. The number of pyridine rings is 1. The fourth-order valence-electron chi connectivity index (χ4n) is 6.10. The molecule has 0 atom stereocenters. The van der Waals surface area contributed by atoms with Crippen LogP contribution in [-0.2, 0) is 22.6 Å². The number of para-hydroxylation sites is 1. The Morgan fingerprint density at radius 3 is 2.47 bits per heavy atom. The predicted octanol–water partition coefficient (Wildman–Crippen LogP) is 5.19. The molecule has 1 aromatic heterocycles. The second-order valence-electron chi connectivity index (χ2n) is 12.0. The normalized spacial score (nSPS) is 19.1. The average molecular weight is 522 g/mol. The first-order chi connectivity index (χ1) is 18.2. The van der Waals surface area contributed by atoms with Crippen LogP contribution in [0.2, 0.25) is 0 Å². The van der Waals surface area contributed by atoms with E-state index in [2.05, 4.69) is 40.2 Å². The van der Waals surface area contributed by atoms with Gasteiger partial charge < -0.3 is 14.7 Å². The zero-order valence-corrected chi connectivity index (χ0v) is 23.0. The first kappa shape index (κ1) is 28.1. The van der Waals surface area contributed by atoms with Gasteiger partial charge in [-0.25, -0.2) is 0 Å². The molecule has 0 unspecified atom stereocenters. The highest BCUT2D eigenvalue weighted by atomic mass is 16.5. The summed E-state index contributed by atoms with van der Waals surface area (Å²) in [4.78, 5) is 33.0. The van der Waals surface area contributed by atoms with Crippen LogP contribution in [0.3, 0.4) is 0 Å². The Morgan fingerprint density at radius 2 is 1.74 bits per heavy atom. The smallest absolute Gasteiger partial charge is 0.303 e. The lowest BCUT2D eigenvalue weighted by Gasteiger charge is -2.45. The number of rotatable bonds is 6. The zero-order chi connectivity index (χ0) is 27.0. The summed E-state index contributed by atoms with van der Waals surface area (Å²) in [5, 5.41) is 9.21. The number of carboxylic acids is 1. The number of hydrogen-bond acceptors (Lipinski definition) is 5. The summed E-state index contributed by atoms with van der Waals surface area (Å²) in [7, 11) is 0. The van der Waals surface area contributed by atoms with E-state index in [1.54, 1.807) is 0 Å². The van der Waals surface area contributed by atoms with E-state index in [0.29, 0.717) is 6.61 Å². The second kappa shape index (κ2) is 12.7. The van der Waals surface area contributed by atoms with Crippen LogP contribution >= 0.6 is 0 Å². The standard InChI is InChI=1S/C31H43N3O4/c1-30(2,22-29(36)37)21-28(35)34-17-13-31(14-18-34)12-6-5-8-26-7-3-4-9-27(26)38-20-19-33(24-31)23-25-10-15-32-16-11-25/h3-4,7,9-11,15-16H,5-6,8,12-14,17-24H2,1-2H3,(H,36,37). The number of hydrogen-bond donors (Lipinski definition) is 1. The minimum Gasteiger partial charge on any atom is -0.492 e. The Bertz CT molecular complexity index is 1060. The van der Waals surface area contributed by atoms with E-state index in [9.17, 15) is 14.7 Å². The summed E-state index contributed by atoms with van der Waals surface area (Å²) in [5.74, 6) is 0.233. The number of likely N-dealkylation sites (tertiary alicyclic amines) is 1. The number of aliphatic carboxylic acids is 1. The molecule has 7 nitrogen and oxygen atoms in total. The van der Waals surface area contributed by atoms with Gasteiger partial charge in [0.15, 0.2) is 0 Å². The number of aromatic nitrogens is 1. The van der Waals surface area contributed by atoms with Crippen LogP contribution in [-0.4, -0.2) is 64.6 Å². The molecule has 1 spiro atoms. The highest BCUT2D eigenvalue weighted by Crippen LogP contribution is 2.39. The van der Waals surface area contributed by atoms with Gasteiger partial charge >= 0.3 is 5.97 Å². The van der Waals surface area contributed by atoms with Gasteiger partial charge in [-0.3, -0.25) is 19.5 Å². The molecule has 0 radical (unpaired) electrons. The number of carbonyl (C=O) groups is 2. The number of fused-ring (bicyclic) bond motifs is 1. The molecule has 7 heteroatoms. The molecule has 206 valence electrons. The van der Waals surface area contributed by atoms with Crippen LogP contribution < -0.4 is 4.74 Å². The van der Waals surface area contributed by atoms with E-state index in [1.165, 1.54) is 11.1 Å². The minimum atomic E-state index is -0.852. The Morgan fingerprint density at radius 1 is 1.00 bits per heavy atom. The van der Waals surface area contributed by atoms with Gasteiger partial charge in [-0.15, -0.1) is 0 Å². The number of piperidine rings is 1. The lowest BCUT2D eigenvalue weighted by molar-refractivity contribution is -0.141. The van der Waals surface area contributed by atoms with Gasteiger partial charge in [0.05, 0.1) is 6.42 Å². The molecule has 1 saturated heterocycles. The third-order valence-corrected chi connectivity index (χ3v) is 8.19. The lowest BCUT2D eigenvalue weighted by Crippen LogP contribution is -2.49. The van der Waals surface area contributed by atoms with Crippen LogP contribution in [0.15, 0.2) is 48.8 Å². The average Bonchev–Trinajstić information content (AvgIpc) is 2.86. The van der Waals surface area contributed by atoms with Crippen molar-refractivity contribution in [3.63, 3.8) is 0 Å². The number of aryl methyl sites for hydroxylation is 1. The van der Waals surface area contributed by atoms with Crippen molar-refractivity contribution < 1.29 is 19.4 Å². The maximum atomic E-state index is 13.1. The number of carboxylic acid groups (broad SMARTS) is 1. The van der Waals surface area contributed by atoms with E-state index < -0.39 is 11.4 Å². The zero-order valence-electron chi connectivity index (χ0n) is 23.0. The van der Waals surface area contributed by atoms with Crippen LogP contribution in [0, 0.1) is 10.8 Å². The molecule has 1 amide bonds. The molecule has 2 aromatic rings. The van der Waals surface area contributed by atoms with Crippen molar-refractivity contribution in [2.75, 3.05) is 32.8 Å². The monoisotopic (exact) mass is 521 g/mol. The number of nitrogens with zero attached hydrogens (tertiary/aromatic N) is 3. The highest BCUT2D eigenvalue weighted by molar-refractivity contribution is 5.78. The molecular formula is C31H43N3O4. The van der Waals surface area contributed by atoms with Crippen LogP contribution in [0.1, 0.15) is 69.9 Å². The molecule has 2 aliphatic heterocycles. The van der Waals surface area contributed by atoms with E-state index in [-0.39, 0.29) is 24.2 Å². The minimum absolute atomic E-state index is 0.00564. The van der Waals surface area contributed by atoms with E-state index >= 15 is 0 Å². The van der Waals surface area contributed by atoms with Gasteiger partial charge in [-0.2, -0.15) is 0 Å². The van der Waals surface area contributed by atoms with Crippen molar-refractivity contribution in [3.05, 3.63) is 59.9 Å². The quantitative estimate of drug-likeness (QED) is 0.563. The fraction of sp³-hybridized carbons (Fsp3) is 0.581. The Balaban J connectivity index is 1.46. The molecule has 0 saturated carbocycles. The maximum absolute atomic E-state index is 13.1. The molecular weight excluding hydrogens is 478 g/mol. The highest BCUT2D eigenvalue weighted by Gasteiger charge is 2.38. The Hall–Kier alpha value is -2.93. The maximum Gasteiger partial charge on any atom is 0.303 e. The van der Waals surface area contributed by atoms with Crippen molar-refractivity contribution in [3.8, 4) is 5.75 Å². The van der Waals surface area contributed by atoms with Gasteiger partial charge in [0.1, 0.15) is 12.4 Å². The molecule has 3 heterocycles. The van der Waals surface area contributed by atoms with Crippen molar-refractivity contribution in [1.29, 1.82) is 0 Å². The van der Waals surface area contributed by atoms with Gasteiger partial charge in [-0.05, 0) is 72.3 Å². The summed E-state index contributed by atoms with van der Waals surface area (Å²) in [6.45, 7) is 8.53. The van der Waals surface area contributed by atoms with E-state index in [1.807, 2.05) is 37.2 Å². The molecule has 38 heavy (non-hydrogen) atoms. The van der Waals surface area contributed by atoms with Crippen molar-refractivity contribution in [1.82, 2.24) is 14.8 Å². The molecule has 4 rings (SSSR count). The van der Waals surface area contributed by atoms with E-state index in [4.69, 9.17) is 4.74 Å². The molecule has 1 N–H and O–H groups in total.